The van der Waals surface area contributed by atoms with E-state index in [0.29, 0.717) is 0 Å². The summed E-state index contributed by atoms with van der Waals surface area (Å²) in [7, 11) is 0. The van der Waals surface area contributed by atoms with Gasteiger partial charge in [0, 0.05) is 102 Å². The number of furan rings is 3. The predicted octanol–water partition coefficient (Wildman–Crippen LogP) is 29.8. The van der Waals surface area contributed by atoms with E-state index < -0.39 is 0 Å². The van der Waals surface area contributed by atoms with Gasteiger partial charge in [0.1, 0.15) is 33.5 Å². The topological polar surface area (TPSA) is 117 Å². The van der Waals surface area contributed by atoms with E-state index in [-0.39, 0.29) is 0 Å². The summed E-state index contributed by atoms with van der Waals surface area (Å²) in [6.07, 6.45) is 10.6. The molecule has 0 radical (unpaired) electrons. The highest BCUT2D eigenvalue weighted by atomic mass is 16.3. The Hall–Kier alpha value is -16.1. The molecule has 0 saturated heterocycles. The summed E-state index contributed by atoms with van der Waals surface area (Å²) in [5, 5.41) is 25.7. The predicted molar refractivity (Wildman–Crippen MR) is 493 cm³/mol. The molecule has 0 N–H and O–H groups in total. The molecule has 26 rings (SSSR count). The fourth-order valence-corrected chi connectivity index (χ4v) is 18.7. The van der Waals surface area contributed by atoms with Crippen molar-refractivity contribution in [1.82, 2.24) is 29.9 Å². The van der Waals surface area contributed by atoms with Gasteiger partial charge in [-0.1, -0.05) is 279 Å². The van der Waals surface area contributed by atoms with Crippen LogP contribution >= 0.6 is 0 Å². The number of benzene rings is 20. The van der Waals surface area contributed by atoms with Crippen LogP contribution in [0.5, 0.6) is 0 Å². The molecule has 0 aliphatic carbocycles. The van der Waals surface area contributed by atoms with E-state index >= 15 is 0 Å². The zero-order valence-corrected chi connectivity index (χ0v) is 63.9. The van der Waals surface area contributed by atoms with Gasteiger partial charge in [-0.05, 0) is 193 Å². The van der Waals surface area contributed by atoms with E-state index in [9.17, 15) is 0 Å². The number of rotatable bonds is 6. The first-order valence-electron chi connectivity index (χ1n) is 40.1. The van der Waals surface area contributed by atoms with Crippen molar-refractivity contribution < 1.29 is 13.3 Å². The third-order valence-corrected chi connectivity index (χ3v) is 24.1. The number of para-hydroxylation sites is 3. The van der Waals surface area contributed by atoms with Crippen LogP contribution in [0, 0.1) is 0 Å². The lowest BCUT2D eigenvalue weighted by molar-refractivity contribution is 0.668. The number of hydrogen-bond acceptors (Lipinski definition) is 9. The van der Waals surface area contributed by atoms with E-state index in [4.69, 9.17) is 28.2 Å². The van der Waals surface area contributed by atoms with E-state index in [0.717, 1.165) is 131 Å². The molecule has 20 aromatic carbocycles. The van der Waals surface area contributed by atoms with Crippen molar-refractivity contribution >= 4 is 185 Å². The monoisotopic (exact) mass is 1520 g/mol. The van der Waals surface area contributed by atoms with Crippen LogP contribution in [-0.4, -0.2) is 29.9 Å². The molecule has 0 fully saturated rings. The van der Waals surface area contributed by atoms with Crippen LogP contribution in [0.1, 0.15) is 0 Å². The number of aromatic nitrogens is 6. The average Bonchev–Trinajstić information content (AvgIpc) is 1.74. The molecule has 0 atom stereocenters. The molecule has 26 aromatic rings. The Bertz CT molecular complexity index is 8330. The zero-order chi connectivity index (χ0) is 78.2. The second kappa shape index (κ2) is 27.3. The maximum atomic E-state index is 6.09. The lowest BCUT2D eigenvalue weighted by Gasteiger charge is -2.14. The molecule has 0 aliphatic rings. The van der Waals surface area contributed by atoms with Crippen LogP contribution in [0.25, 0.3) is 252 Å². The van der Waals surface area contributed by atoms with Crippen molar-refractivity contribution in [2.24, 2.45) is 0 Å². The van der Waals surface area contributed by atoms with Crippen LogP contribution in [0.15, 0.2) is 402 Å². The molecule has 0 spiro atoms. The van der Waals surface area contributed by atoms with Gasteiger partial charge in [0.2, 0.25) is 0 Å². The highest BCUT2D eigenvalue weighted by Gasteiger charge is 2.21. The minimum Gasteiger partial charge on any atom is -0.456 e. The smallest absolute Gasteiger partial charge is 0.135 e. The lowest BCUT2D eigenvalue weighted by Crippen LogP contribution is -1.90. The Balaban J connectivity index is 0.000000102. The van der Waals surface area contributed by atoms with Gasteiger partial charge in [-0.25, -0.2) is 0 Å². The van der Waals surface area contributed by atoms with Crippen molar-refractivity contribution in [2.75, 3.05) is 0 Å². The van der Waals surface area contributed by atoms with Gasteiger partial charge in [-0.3, -0.25) is 29.9 Å². The minimum absolute atomic E-state index is 0.910. The minimum atomic E-state index is 0.910. The first kappa shape index (κ1) is 67.4. The molecule has 6 aromatic heterocycles. The van der Waals surface area contributed by atoms with Gasteiger partial charge < -0.3 is 13.3 Å². The van der Waals surface area contributed by atoms with Crippen LogP contribution in [0.4, 0.5) is 0 Å². The Labute approximate surface area is 679 Å². The molecular formula is C110H64N6O3. The zero-order valence-electron chi connectivity index (χ0n) is 63.9. The molecule has 9 heteroatoms. The molecule has 0 saturated carbocycles. The van der Waals surface area contributed by atoms with Gasteiger partial charge in [0.05, 0.1) is 33.1 Å². The molecule has 0 amide bonds. The number of fused-ring (bicyclic) bond motifs is 29. The largest absolute Gasteiger partial charge is 0.456 e. The Kier molecular flexibility index (Phi) is 15.5. The molecule has 0 aliphatic heterocycles. The Morgan fingerprint density at radius 3 is 0.639 bits per heavy atom. The average molecular weight is 1520 g/mol. The first-order chi connectivity index (χ1) is 59.0. The number of nitrogens with zero attached hydrogens (tertiary/aromatic N) is 6. The Morgan fingerprint density at radius 2 is 0.328 bits per heavy atom. The van der Waals surface area contributed by atoms with Crippen LogP contribution in [0.2, 0.25) is 0 Å². The third kappa shape index (κ3) is 11.0. The summed E-state index contributed by atoms with van der Waals surface area (Å²) in [4.78, 5) is 28.2. The first-order valence-corrected chi connectivity index (χ1v) is 40.1. The quantitative estimate of drug-likeness (QED) is 0.150. The van der Waals surface area contributed by atoms with E-state index in [2.05, 4.69) is 330 Å². The molecule has 0 bridgehead atoms. The third-order valence-electron chi connectivity index (χ3n) is 24.1. The summed E-state index contributed by atoms with van der Waals surface area (Å²) in [5.74, 6) is 0. The normalized spacial score (nSPS) is 11.9. The van der Waals surface area contributed by atoms with Crippen molar-refractivity contribution in [1.29, 1.82) is 0 Å². The van der Waals surface area contributed by atoms with E-state index in [1.165, 1.54) is 121 Å². The summed E-state index contributed by atoms with van der Waals surface area (Å²) in [6.45, 7) is 0. The standard InChI is InChI=1S/2C38H22N2O.C34H20N2O/c1-2-9-31-29(7-1)33-21-23(15-17-32(33)38-37(31)39-19-20-40-38)25-10-5-13-28-26(11-6-12-27(25)28)24-16-18-36-34(22-24)30-8-3-4-14-35(30)41-36;1-2-8-28-26(24-14-18-36-34(22-24)30-10-5-6-12-35(30)41-36)17-16-25(27(28)7-1)23-13-15-32-33(21-23)29-9-3-4-11-31(29)37-38(32)40-20-19-39-37;1-2-8-24(22-14-16-32-30(20-22)26-10-5-6-12-31(26)37-32)23(7-1)21-13-15-28-29(19-21)25-9-3-4-11-27(25)33-34(28)36-18-17-35-33/h2*1-22H;1-20H. The van der Waals surface area contributed by atoms with Gasteiger partial charge in [0.15, 0.2) is 0 Å². The van der Waals surface area contributed by atoms with E-state index in [1.54, 1.807) is 37.2 Å². The fraction of sp³-hybridized carbons (Fsp3) is 0. The second-order valence-corrected chi connectivity index (χ2v) is 30.6. The second-order valence-electron chi connectivity index (χ2n) is 30.6. The molecule has 6 heterocycles. The van der Waals surface area contributed by atoms with Crippen LogP contribution in [-0.2, 0) is 0 Å². The van der Waals surface area contributed by atoms with Crippen molar-refractivity contribution in [3.8, 4) is 66.8 Å². The van der Waals surface area contributed by atoms with Crippen molar-refractivity contribution in [3.63, 3.8) is 0 Å². The summed E-state index contributed by atoms with van der Waals surface area (Å²) < 4.78 is 18.3. The van der Waals surface area contributed by atoms with Gasteiger partial charge in [0.25, 0.3) is 0 Å². The van der Waals surface area contributed by atoms with E-state index in [1.807, 2.05) is 36.4 Å². The maximum Gasteiger partial charge on any atom is 0.135 e. The summed E-state index contributed by atoms with van der Waals surface area (Å²) in [6, 6.07) is 125. The Morgan fingerprint density at radius 1 is 0.126 bits per heavy atom. The lowest BCUT2D eigenvalue weighted by atomic mass is 9.90. The summed E-state index contributed by atoms with van der Waals surface area (Å²) >= 11 is 0. The SMILES string of the molecule is c1ccc(-c2ccc3c(c2)c2ccccc2c2nccnc32)c(-c2ccc3oc4ccccc4c3c2)c1.c1ccc2c(c1)oc1ccc(-c3ccc(-c4ccc5c(c4)c4ccccc4c4nccnc54)c4ccccc34)cc12.c1ccc2c(c1)oc1ccc(-c3cccc4c(-c5ccc6c(c5)c5ccccc5c5nccnc65)cccc34)cc12. The van der Waals surface area contributed by atoms with Gasteiger partial charge in [-0.2, -0.15) is 0 Å². The molecule has 552 valence electrons. The molecule has 9 nitrogen and oxygen atoms in total. The van der Waals surface area contributed by atoms with Crippen LogP contribution in [0.3, 0.4) is 0 Å². The molecule has 119 heavy (non-hydrogen) atoms. The molecule has 0 unspecified atom stereocenters. The maximum absolute atomic E-state index is 6.09. The highest BCUT2D eigenvalue weighted by molar-refractivity contribution is 6.27. The van der Waals surface area contributed by atoms with Gasteiger partial charge in [-0.15, -0.1) is 0 Å². The number of hydrogen-bond donors (Lipinski definition) is 0. The highest BCUT2D eigenvalue weighted by Crippen LogP contribution is 2.46. The van der Waals surface area contributed by atoms with Crippen molar-refractivity contribution in [3.05, 3.63) is 389 Å². The van der Waals surface area contributed by atoms with Gasteiger partial charge >= 0.3 is 0 Å². The molecular weight excluding hydrogens is 1450 g/mol. The fourth-order valence-electron chi connectivity index (χ4n) is 18.7. The van der Waals surface area contributed by atoms with Crippen molar-refractivity contribution in [2.45, 2.75) is 0 Å². The van der Waals surface area contributed by atoms with Crippen LogP contribution < -0.4 is 0 Å². The summed E-state index contributed by atoms with van der Waals surface area (Å²) in [5.41, 5.74) is 25.5.